The molecule has 0 fully saturated rings. The van der Waals surface area contributed by atoms with E-state index in [0.717, 1.165) is 21.6 Å². The molecule has 0 atom stereocenters. The van der Waals surface area contributed by atoms with Crippen LogP contribution in [-0.2, 0) is 9.53 Å². The van der Waals surface area contributed by atoms with Crippen LogP contribution in [0.5, 0.6) is 0 Å². The quantitative estimate of drug-likeness (QED) is 0.688. The fraction of sp³-hybridized carbons (Fsp3) is 0.278. The van der Waals surface area contributed by atoms with Crippen molar-refractivity contribution in [1.82, 2.24) is 15.1 Å². The van der Waals surface area contributed by atoms with Gasteiger partial charge in [0.15, 0.2) is 0 Å². The van der Waals surface area contributed by atoms with Crippen LogP contribution in [0.2, 0.25) is 0 Å². The summed E-state index contributed by atoms with van der Waals surface area (Å²) in [6, 6.07) is 11.7. The Bertz CT molecular complexity index is 899. The van der Waals surface area contributed by atoms with E-state index in [1.54, 1.807) is 6.92 Å². The van der Waals surface area contributed by atoms with Gasteiger partial charge in [-0.1, -0.05) is 18.2 Å². The van der Waals surface area contributed by atoms with Crippen LogP contribution in [0.3, 0.4) is 0 Å². The minimum atomic E-state index is -0.310. The zero-order valence-corrected chi connectivity index (χ0v) is 14.9. The first-order chi connectivity index (χ1) is 12.1. The van der Waals surface area contributed by atoms with E-state index in [9.17, 15) is 9.59 Å². The van der Waals surface area contributed by atoms with Gasteiger partial charge in [-0.2, -0.15) is 5.10 Å². The average molecular weight is 357 g/mol. The molecule has 1 aromatic carbocycles. The van der Waals surface area contributed by atoms with Crippen LogP contribution in [0.1, 0.15) is 28.7 Å². The van der Waals surface area contributed by atoms with Crippen molar-refractivity contribution in [3.63, 3.8) is 0 Å². The summed E-state index contributed by atoms with van der Waals surface area (Å²) in [5.74, 6) is -0.501. The lowest BCUT2D eigenvalue weighted by Gasteiger charge is -2.04. The van der Waals surface area contributed by atoms with Crippen molar-refractivity contribution in [3.05, 3.63) is 47.0 Å². The number of amides is 1. The molecule has 0 saturated heterocycles. The predicted octanol–water partition coefficient (Wildman–Crippen LogP) is 3.08. The minimum Gasteiger partial charge on any atom is -0.466 e. The van der Waals surface area contributed by atoms with E-state index < -0.39 is 0 Å². The molecule has 0 aliphatic heterocycles. The van der Waals surface area contributed by atoms with Gasteiger partial charge < -0.3 is 10.1 Å². The molecule has 3 aromatic rings. The van der Waals surface area contributed by atoms with Crippen LogP contribution in [0.15, 0.2) is 36.4 Å². The highest BCUT2D eigenvalue weighted by Gasteiger charge is 2.17. The number of nitrogens with zero attached hydrogens (tertiary/aromatic N) is 2. The Morgan fingerprint density at radius 1 is 1.28 bits per heavy atom. The summed E-state index contributed by atoms with van der Waals surface area (Å²) in [6.45, 7) is 4.29. The minimum absolute atomic E-state index is 0.168. The first-order valence-electron chi connectivity index (χ1n) is 8.08. The Balaban J connectivity index is 1.77. The summed E-state index contributed by atoms with van der Waals surface area (Å²) >= 11 is 1.39. The second kappa shape index (κ2) is 7.48. The van der Waals surface area contributed by atoms with E-state index >= 15 is 0 Å². The highest BCUT2D eigenvalue weighted by molar-refractivity contribution is 7.20. The van der Waals surface area contributed by atoms with E-state index in [0.29, 0.717) is 11.5 Å². The maximum Gasteiger partial charge on any atom is 0.307 e. The number of esters is 1. The van der Waals surface area contributed by atoms with Crippen molar-refractivity contribution in [2.75, 3.05) is 13.2 Å². The van der Waals surface area contributed by atoms with Crippen molar-refractivity contribution in [2.45, 2.75) is 20.3 Å². The number of hydrogen-bond donors (Lipinski definition) is 1. The van der Waals surface area contributed by atoms with Crippen molar-refractivity contribution in [1.29, 1.82) is 0 Å². The molecule has 0 radical (unpaired) electrons. The molecule has 0 spiro atoms. The molecule has 1 amide bonds. The van der Waals surface area contributed by atoms with Crippen LogP contribution in [0.25, 0.3) is 15.9 Å². The third-order valence-electron chi connectivity index (χ3n) is 3.69. The lowest BCUT2D eigenvalue weighted by atomic mass is 10.3. The van der Waals surface area contributed by atoms with E-state index in [1.165, 1.54) is 11.3 Å². The number of carbonyl (C=O) groups excluding carboxylic acids is 2. The molecule has 0 bridgehead atoms. The second-order valence-electron chi connectivity index (χ2n) is 5.47. The highest BCUT2D eigenvalue weighted by atomic mass is 32.1. The number of fused-ring (bicyclic) bond motifs is 1. The third kappa shape index (κ3) is 3.71. The number of nitrogens with one attached hydrogen (secondary N) is 1. The van der Waals surface area contributed by atoms with Gasteiger partial charge in [0, 0.05) is 11.9 Å². The van der Waals surface area contributed by atoms with Gasteiger partial charge in [-0.15, -0.1) is 11.3 Å². The molecule has 0 aliphatic carbocycles. The standard InChI is InChI=1S/C18H19N3O3S/c1-3-24-16(22)9-10-19-17(23)15-11-14-12(2)20-21(18(14)25-15)13-7-5-4-6-8-13/h4-8,11H,3,9-10H2,1-2H3,(H,19,23). The number of carbonyl (C=O) groups is 2. The first-order valence-corrected chi connectivity index (χ1v) is 8.90. The average Bonchev–Trinajstić information content (AvgIpc) is 3.17. The molecule has 6 nitrogen and oxygen atoms in total. The molecule has 1 N–H and O–H groups in total. The Morgan fingerprint density at radius 3 is 2.76 bits per heavy atom. The molecule has 7 heteroatoms. The Kier molecular flexibility index (Phi) is 5.14. The van der Waals surface area contributed by atoms with Gasteiger partial charge in [-0.25, -0.2) is 4.68 Å². The highest BCUT2D eigenvalue weighted by Crippen LogP contribution is 2.30. The van der Waals surface area contributed by atoms with Crippen molar-refractivity contribution in [2.24, 2.45) is 0 Å². The smallest absolute Gasteiger partial charge is 0.307 e. The molecule has 0 saturated carbocycles. The molecule has 2 heterocycles. The molecule has 130 valence electrons. The predicted molar refractivity (Wildman–Crippen MR) is 97.3 cm³/mol. The summed E-state index contributed by atoms with van der Waals surface area (Å²) in [5.41, 5.74) is 1.83. The van der Waals surface area contributed by atoms with E-state index in [1.807, 2.05) is 48.0 Å². The van der Waals surface area contributed by atoms with Gasteiger partial charge in [-0.3, -0.25) is 9.59 Å². The molecule has 25 heavy (non-hydrogen) atoms. The number of ether oxygens (including phenoxy) is 1. The first kappa shape index (κ1) is 17.2. The molecule has 0 unspecified atom stereocenters. The van der Waals surface area contributed by atoms with Gasteiger partial charge >= 0.3 is 5.97 Å². The van der Waals surface area contributed by atoms with Crippen LogP contribution < -0.4 is 5.32 Å². The summed E-state index contributed by atoms with van der Waals surface area (Å²) in [5, 5.41) is 8.28. The Hall–Kier alpha value is -2.67. The van der Waals surface area contributed by atoms with Gasteiger partial charge in [0.1, 0.15) is 4.83 Å². The molecule has 3 rings (SSSR count). The molecule has 0 aliphatic rings. The van der Waals surface area contributed by atoms with Crippen molar-refractivity contribution < 1.29 is 14.3 Å². The lowest BCUT2D eigenvalue weighted by molar-refractivity contribution is -0.142. The number of para-hydroxylation sites is 1. The number of hydrogen-bond acceptors (Lipinski definition) is 5. The molecular weight excluding hydrogens is 338 g/mol. The molecular formula is C18H19N3O3S. The van der Waals surface area contributed by atoms with E-state index in [4.69, 9.17) is 4.74 Å². The zero-order chi connectivity index (χ0) is 17.8. The topological polar surface area (TPSA) is 73.2 Å². The number of thiophene rings is 1. The van der Waals surface area contributed by atoms with Crippen molar-refractivity contribution in [3.8, 4) is 5.69 Å². The molecule has 2 aromatic heterocycles. The fourth-order valence-electron chi connectivity index (χ4n) is 2.50. The summed E-state index contributed by atoms with van der Waals surface area (Å²) in [4.78, 5) is 25.2. The van der Waals surface area contributed by atoms with Gasteiger partial charge in [-0.05, 0) is 32.0 Å². The monoisotopic (exact) mass is 357 g/mol. The lowest BCUT2D eigenvalue weighted by Crippen LogP contribution is -2.25. The van der Waals surface area contributed by atoms with E-state index in [2.05, 4.69) is 10.4 Å². The number of aromatic nitrogens is 2. The second-order valence-corrected chi connectivity index (χ2v) is 6.50. The summed E-state index contributed by atoms with van der Waals surface area (Å²) in [7, 11) is 0. The van der Waals surface area contributed by atoms with Crippen LogP contribution in [0, 0.1) is 6.92 Å². The number of rotatable bonds is 6. The van der Waals surface area contributed by atoms with Crippen LogP contribution >= 0.6 is 11.3 Å². The van der Waals surface area contributed by atoms with Gasteiger partial charge in [0.2, 0.25) is 0 Å². The fourth-order valence-corrected chi connectivity index (χ4v) is 3.60. The zero-order valence-electron chi connectivity index (χ0n) is 14.1. The number of aryl methyl sites for hydroxylation is 1. The van der Waals surface area contributed by atoms with Gasteiger partial charge in [0.05, 0.1) is 29.3 Å². The number of benzene rings is 1. The van der Waals surface area contributed by atoms with E-state index in [-0.39, 0.29) is 24.8 Å². The third-order valence-corrected chi connectivity index (χ3v) is 4.80. The largest absolute Gasteiger partial charge is 0.466 e. The summed E-state index contributed by atoms with van der Waals surface area (Å²) < 4.78 is 6.70. The normalized spacial score (nSPS) is 10.8. The Morgan fingerprint density at radius 2 is 2.04 bits per heavy atom. The van der Waals surface area contributed by atoms with Crippen LogP contribution in [-0.4, -0.2) is 34.8 Å². The maximum atomic E-state index is 12.3. The Labute approximate surface area is 149 Å². The van der Waals surface area contributed by atoms with Crippen LogP contribution in [0.4, 0.5) is 0 Å². The SMILES string of the molecule is CCOC(=O)CCNC(=O)c1cc2c(C)nn(-c3ccccc3)c2s1. The van der Waals surface area contributed by atoms with Crippen molar-refractivity contribution >= 4 is 33.4 Å². The van der Waals surface area contributed by atoms with Gasteiger partial charge in [0.25, 0.3) is 5.91 Å². The maximum absolute atomic E-state index is 12.3. The summed E-state index contributed by atoms with van der Waals surface area (Å²) in [6.07, 6.45) is 0.168.